The van der Waals surface area contributed by atoms with Crippen LogP contribution in [0.2, 0.25) is 0 Å². The number of amides is 3. The summed E-state index contributed by atoms with van der Waals surface area (Å²) in [6.45, 7) is 5.49. The topological polar surface area (TPSA) is 116 Å². The van der Waals surface area contributed by atoms with Crippen molar-refractivity contribution < 1.29 is 24.3 Å². The molecule has 33 heavy (non-hydrogen) atoms. The molecular weight excluding hydrogens is 422 g/mol. The Bertz CT molecular complexity index is 1150. The lowest BCUT2D eigenvalue weighted by molar-refractivity contribution is -0.138. The minimum atomic E-state index is -1.36. The molecule has 2 atom stereocenters. The molecule has 8 heteroatoms. The van der Waals surface area contributed by atoms with Gasteiger partial charge in [-0.25, -0.2) is 4.79 Å². The first-order valence-electron chi connectivity index (χ1n) is 10.5. The van der Waals surface area contributed by atoms with E-state index in [-0.39, 0.29) is 6.42 Å². The van der Waals surface area contributed by atoms with Gasteiger partial charge in [0.15, 0.2) is 11.8 Å². The van der Waals surface area contributed by atoms with Crippen LogP contribution in [0.3, 0.4) is 0 Å². The van der Waals surface area contributed by atoms with Crippen LogP contribution in [0.1, 0.15) is 36.1 Å². The summed E-state index contributed by atoms with van der Waals surface area (Å²) in [4.78, 5) is 50.3. The maximum Gasteiger partial charge on any atom is 0.316 e. The number of aliphatic carboxylic acids is 1. The number of urea groups is 1. The molecular formula is C25H27N3O5. The van der Waals surface area contributed by atoms with Crippen LogP contribution in [-0.2, 0) is 14.4 Å². The fraction of sp³-hybridized carbons (Fsp3) is 0.280. The van der Waals surface area contributed by atoms with Crippen molar-refractivity contribution in [1.29, 1.82) is 0 Å². The highest BCUT2D eigenvalue weighted by molar-refractivity contribution is 6.15. The van der Waals surface area contributed by atoms with Crippen molar-refractivity contribution in [2.24, 2.45) is 0 Å². The molecule has 0 saturated carbocycles. The maximum absolute atomic E-state index is 12.7. The van der Waals surface area contributed by atoms with Gasteiger partial charge in [-0.3, -0.25) is 14.4 Å². The number of hydrogen-bond acceptors (Lipinski definition) is 4. The van der Waals surface area contributed by atoms with Crippen LogP contribution in [0.4, 0.5) is 4.79 Å². The smallest absolute Gasteiger partial charge is 0.316 e. The molecule has 2 aromatic rings. The molecule has 0 aromatic heterocycles. The minimum absolute atomic E-state index is 0.364. The number of allylic oxidation sites excluding steroid dienone is 1. The lowest BCUT2D eigenvalue weighted by Gasteiger charge is -2.28. The van der Waals surface area contributed by atoms with E-state index in [1.54, 1.807) is 13.0 Å². The summed E-state index contributed by atoms with van der Waals surface area (Å²) in [5.74, 6) is -2.18. The van der Waals surface area contributed by atoms with Crippen LogP contribution < -0.4 is 10.6 Å². The van der Waals surface area contributed by atoms with Gasteiger partial charge < -0.3 is 20.6 Å². The second-order valence-electron chi connectivity index (χ2n) is 8.12. The van der Waals surface area contributed by atoms with E-state index < -0.39 is 35.8 Å². The molecule has 0 radical (unpaired) electrons. The highest BCUT2D eigenvalue weighted by Gasteiger charge is 2.34. The van der Waals surface area contributed by atoms with Crippen LogP contribution in [0.5, 0.6) is 0 Å². The number of hydrogen-bond donors (Lipinski definition) is 3. The van der Waals surface area contributed by atoms with Crippen LogP contribution in [0.25, 0.3) is 11.1 Å². The summed E-state index contributed by atoms with van der Waals surface area (Å²) in [7, 11) is 1.51. The molecule has 0 aliphatic carbocycles. The number of carboxylic acid groups (broad SMARTS) is 1. The lowest BCUT2D eigenvalue weighted by Crippen LogP contribution is -2.56. The quantitative estimate of drug-likeness (QED) is 0.586. The Hall–Kier alpha value is -3.94. The van der Waals surface area contributed by atoms with Crippen molar-refractivity contribution in [3.63, 3.8) is 0 Å². The second kappa shape index (κ2) is 9.68. The average Bonchev–Trinajstić information content (AvgIpc) is 2.75. The molecule has 1 aliphatic rings. The van der Waals surface area contributed by atoms with E-state index in [1.807, 2.05) is 50.2 Å². The van der Waals surface area contributed by atoms with E-state index in [2.05, 4.69) is 10.6 Å². The van der Waals surface area contributed by atoms with Crippen molar-refractivity contribution in [1.82, 2.24) is 15.5 Å². The van der Waals surface area contributed by atoms with E-state index in [0.29, 0.717) is 11.3 Å². The van der Waals surface area contributed by atoms with E-state index in [0.717, 1.165) is 22.3 Å². The number of likely N-dealkylation sites (N-methyl/N-ethyl adjacent to an activating group) is 1. The minimum Gasteiger partial charge on any atom is -0.481 e. The van der Waals surface area contributed by atoms with Gasteiger partial charge in [-0.05, 0) is 48.6 Å². The van der Waals surface area contributed by atoms with Crippen LogP contribution in [0.15, 0.2) is 54.2 Å². The monoisotopic (exact) mass is 449 g/mol. The Kier molecular flexibility index (Phi) is 6.96. The molecule has 1 aliphatic heterocycles. The van der Waals surface area contributed by atoms with E-state index in [4.69, 9.17) is 0 Å². The third-order valence-corrected chi connectivity index (χ3v) is 5.89. The molecule has 172 valence electrons. The van der Waals surface area contributed by atoms with Crippen LogP contribution >= 0.6 is 0 Å². The molecule has 0 fully saturated rings. The van der Waals surface area contributed by atoms with Crippen LogP contribution in [-0.4, -0.2) is 46.8 Å². The van der Waals surface area contributed by atoms with Gasteiger partial charge in [0, 0.05) is 18.8 Å². The van der Waals surface area contributed by atoms with Crippen LogP contribution in [0, 0.1) is 13.8 Å². The molecule has 1 heterocycles. The normalized spacial score (nSPS) is 16.8. The Labute approximate surface area is 192 Å². The molecule has 3 N–H and O–H groups in total. The zero-order valence-corrected chi connectivity index (χ0v) is 19.0. The Morgan fingerprint density at radius 1 is 1.03 bits per heavy atom. The molecule has 0 bridgehead atoms. The number of carbonyl (C=O) groups is 4. The summed E-state index contributed by atoms with van der Waals surface area (Å²) in [5.41, 5.74) is 4.97. The van der Waals surface area contributed by atoms with Gasteiger partial charge >= 0.3 is 12.0 Å². The third-order valence-electron chi connectivity index (χ3n) is 5.89. The number of carboxylic acids is 1. The highest BCUT2D eigenvalue weighted by atomic mass is 16.4. The molecule has 3 rings (SSSR count). The zero-order valence-electron chi connectivity index (χ0n) is 19.0. The van der Waals surface area contributed by atoms with Gasteiger partial charge in [-0.1, -0.05) is 42.5 Å². The standard InChI is InChI=1S/C25H27N3O5/c1-14-8-5-6-9-17(14)18-10-7-11-19(16(18)3)20(13-22(30)31)26-25(33)27-23-21(29)12-15(2)28(4)24(23)32/h5-12,20,23H,13H2,1-4H3,(H,30,31)(H2,26,27,33). The van der Waals surface area contributed by atoms with Crippen molar-refractivity contribution in [3.05, 3.63) is 70.9 Å². The van der Waals surface area contributed by atoms with Gasteiger partial charge in [0.1, 0.15) is 0 Å². The SMILES string of the molecule is CC1=CC(=O)C(NC(=O)NC(CC(=O)O)c2cccc(-c3ccccc3C)c2C)C(=O)N1C. The lowest BCUT2D eigenvalue weighted by atomic mass is 9.90. The first-order chi connectivity index (χ1) is 15.6. The molecule has 8 nitrogen and oxygen atoms in total. The molecule has 0 saturated heterocycles. The van der Waals surface area contributed by atoms with Gasteiger partial charge in [-0.15, -0.1) is 0 Å². The van der Waals surface area contributed by atoms with E-state index in [1.165, 1.54) is 18.0 Å². The predicted molar refractivity (Wildman–Crippen MR) is 123 cm³/mol. The van der Waals surface area contributed by atoms with Gasteiger partial charge in [0.2, 0.25) is 0 Å². The molecule has 2 unspecified atom stereocenters. The third kappa shape index (κ3) is 5.11. The Morgan fingerprint density at radius 3 is 2.36 bits per heavy atom. The molecule has 2 aromatic carbocycles. The van der Waals surface area contributed by atoms with Gasteiger partial charge in [0.25, 0.3) is 5.91 Å². The number of benzene rings is 2. The number of nitrogens with one attached hydrogen (secondary N) is 2. The number of aryl methyl sites for hydroxylation is 1. The fourth-order valence-electron chi connectivity index (χ4n) is 3.95. The second-order valence-corrected chi connectivity index (χ2v) is 8.12. The van der Waals surface area contributed by atoms with Gasteiger partial charge in [-0.2, -0.15) is 0 Å². The van der Waals surface area contributed by atoms with E-state index in [9.17, 15) is 24.3 Å². The van der Waals surface area contributed by atoms with Crippen molar-refractivity contribution in [2.45, 2.75) is 39.3 Å². The summed E-state index contributed by atoms with van der Waals surface area (Å²) in [6.07, 6.45) is 0.924. The summed E-state index contributed by atoms with van der Waals surface area (Å²) in [5, 5.41) is 14.5. The first kappa shape index (κ1) is 23.7. The van der Waals surface area contributed by atoms with Crippen molar-refractivity contribution in [2.75, 3.05) is 7.05 Å². The highest BCUT2D eigenvalue weighted by Crippen LogP contribution is 2.32. The number of ketones is 1. The number of carbonyl (C=O) groups excluding carboxylic acids is 3. The van der Waals surface area contributed by atoms with E-state index >= 15 is 0 Å². The number of nitrogens with zero attached hydrogens (tertiary/aromatic N) is 1. The average molecular weight is 450 g/mol. The van der Waals surface area contributed by atoms with Gasteiger partial charge in [0.05, 0.1) is 12.5 Å². The zero-order chi connectivity index (χ0) is 24.3. The molecule has 3 amide bonds. The Morgan fingerprint density at radius 2 is 1.70 bits per heavy atom. The summed E-state index contributed by atoms with van der Waals surface area (Å²) < 4.78 is 0. The largest absolute Gasteiger partial charge is 0.481 e. The Balaban J connectivity index is 1.88. The fourth-order valence-corrected chi connectivity index (χ4v) is 3.95. The van der Waals surface area contributed by atoms with Crippen molar-refractivity contribution in [3.8, 4) is 11.1 Å². The summed E-state index contributed by atoms with van der Waals surface area (Å²) >= 11 is 0. The van der Waals surface area contributed by atoms with Crippen molar-refractivity contribution >= 4 is 23.7 Å². The molecule has 0 spiro atoms. The predicted octanol–water partition coefficient (Wildman–Crippen LogP) is 3.10. The number of rotatable bonds is 6. The maximum atomic E-state index is 12.7. The summed E-state index contributed by atoms with van der Waals surface area (Å²) in [6, 6.07) is 10.4. The first-order valence-corrected chi connectivity index (χ1v) is 10.5.